The summed E-state index contributed by atoms with van der Waals surface area (Å²) >= 11 is 3.31. The van der Waals surface area contributed by atoms with E-state index in [9.17, 15) is 4.79 Å². The maximum absolute atomic E-state index is 12.2. The van der Waals surface area contributed by atoms with Gasteiger partial charge < -0.3 is 11.1 Å². The number of fused-ring (bicyclic) bond motifs is 1. The third-order valence-corrected chi connectivity index (χ3v) is 3.71. The summed E-state index contributed by atoms with van der Waals surface area (Å²) in [4.78, 5) is 20.6. The number of benzene rings is 2. The number of nitrogens with one attached hydrogen (secondary N) is 1. The zero-order valence-corrected chi connectivity index (χ0v) is 12.5. The SMILES string of the molecule is Nc1cc(NC(=O)c2ccc3nccnc3c2)ccc1Br. The molecule has 1 heterocycles. The predicted molar refractivity (Wildman–Crippen MR) is 86.0 cm³/mol. The molecule has 0 bridgehead atoms. The van der Waals surface area contributed by atoms with Crippen molar-refractivity contribution in [3.05, 3.63) is 58.8 Å². The largest absolute Gasteiger partial charge is 0.398 e. The number of carbonyl (C=O) groups excluding carboxylic acids is 1. The van der Waals surface area contributed by atoms with Crippen molar-refractivity contribution in [2.45, 2.75) is 0 Å². The van der Waals surface area contributed by atoms with Crippen LogP contribution in [0.3, 0.4) is 0 Å². The number of aromatic nitrogens is 2. The summed E-state index contributed by atoms with van der Waals surface area (Å²) in [6.07, 6.45) is 3.21. The number of amides is 1. The zero-order valence-electron chi connectivity index (χ0n) is 10.9. The standard InChI is InChI=1S/C15H11BrN4O/c16-11-3-2-10(8-12(11)17)20-15(21)9-1-4-13-14(7-9)19-6-5-18-13/h1-8H,17H2,(H,20,21). The summed E-state index contributed by atoms with van der Waals surface area (Å²) in [5.74, 6) is -0.218. The second kappa shape index (κ2) is 5.49. The van der Waals surface area contributed by atoms with Gasteiger partial charge in [0, 0.05) is 33.8 Å². The minimum atomic E-state index is -0.218. The van der Waals surface area contributed by atoms with Crippen LogP contribution in [0.5, 0.6) is 0 Å². The highest BCUT2D eigenvalue weighted by Crippen LogP contribution is 2.23. The molecule has 0 saturated heterocycles. The number of hydrogen-bond donors (Lipinski definition) is 2. The van der Waals surface area contributed by atoms with E-state index in [0.717, 1.165) is 9.99 Å². The first-order chi connectivity index (χ1) is 10.1. The van der Waals surface area contributed by atoms with Crippen molar-refractivity contribution in [3.63, 3.8) is 0 Å². The van der Waals surface area contributed by atoms with Crippen molar-refractivity contribution in [3.8, 4) is 0 Å². The number of carbonyl (C=O) groups is 1. The molecule has 5 nitrogen and oxygen atoms in total. The van der Waals surface area contributed by atoms with Crippen molar-refractivity contribution < 1.29 is 4.79 Å². The molecule has 0 radical (unpaired) electrons. The van der Waals surface area contributed by atoms with Gasteiger partial charge in [-0.3, -0.25) is 14.8 Å². The van der Waals surface area contributed by atoms with E-state index in [-0.39, 0.29) is 5.91 Å². The van der Waals surface area contributed by atoms with E-state index >= 15 is 0 Å². The molecule has 21 heavy (non-hydrogen) atoms. The van der Waals surface area contributed by atoms with Gasteiger partial charge in [0.25, 0.3) is 5.91 Å². The second-order valence-electron chi connectivity index (χ2n) is 4.45. The first-order valence-electron chi connectivity index (χ1n) is 6.20. The average Bonchev–Trinajstić information content (AvgIpc) is 2.50. The molecule has 6 heteroatoms. The van der Waals surface area contributed by atoms with Crippen LogP contribution in [-0.2, 0) is 0 Å². The Bertz CT molecular complexity index is 835. The number of nitrogens with zero attached hydrogens (tertiary/aromatic N) is 2. The highest BCUT2D eigenvalue weighted by atomic mass is 79.9. The van der Waals surface area contributed by atoms with Gasteiger partial charge in [0.1, 0.15) is 0 Å². The lowest BCUT2D eigenvalue weighted by molar-refractivity contribution is 0.102. The maximum Gasteiger partial charge on any atom is 0.255 e. The van der Waals surface area contributed by atoms with Crippen LogP contribution in [-0.4, -0.2) is 15.9 Å². The molecule has 0 spiro atoms. The molecule has 1 amide bonds. The molecule has 0 atom stereocenters. The number of rotatable bonds is 2. The van der Waals surface area contributed by atoms with Gasteiger partial charge in [0.2, 0.25) is 0 Å². The van der Waals surface area contributed by atoms with Crippen LogP contribution >= 0.6 is 15.9 Å². The van der Waals surface area contributed by atoms with E-state index in [1.807, 2.05) is 0 Å². The van der Waals surface area contributed by atoms with Crippen LogP contribution in [0.4, 0.5) is 11.4 Å². The van der Waals surface area contributed by atoms with Gasteiger partial charge in [-0.25, -0.2) is 0 Å². The highest BCUT2D eigenvalue weighted by Gasteiger charge is 2.08. The number of nitrogen functional groups attached to an aromatic ring is 1. The van der Waals surface area contributed by atoms with Gasteiger partial charge in [-0.2, -0.15) is 0 Å². The van der Waals surface area contributed by atoms with Crippen molar-refractivity contribution in [1.29, 1.82) is 0 Å². The lowest BCUT2D eigenvalue weighted by Crippen LogP contribution is -2.12. The summed E-state index contributed by atoms with van der Waals surface area (Å²) in [7, 11) is 0. The first-order valence-corrected chi connectivity index (χ1v) is 7.00. The fourth-order valence-corrected chi connectivity index (χ4v) is 2.18. The zero-order chi connectivity index (χ0) is 14.8. The van der Waals surface area contributed by atoms with E-state index in [4.69, 9.17) is 5.73 Å². The Morgan fingerprint density at radius 1 is 1.05 bits per heavy atom. The molecule has 0 unspecified atom stereocenters. The predicted octanol–water partition coefficient (Wildman–Crippen LogP) is 3.23. The molecule has 3 rings (SSSR count). The Kier molecular flexibility index (Phi) is 3.53. The molecule has 0 aliphatic carbocycles. The van der Waals surface area contributed by atoms with Crippen molar-refractivity contribution in [1.82, 2.24) is 9.97 Å². The molecular formula is C15H11BrN4O. The summed E-state index contributed by atoms with van der Waals surface area (Å²) in [5.41, 5.74) is 8.95. The molecule has 1 aromatic heterocycles. The van der Waals surface area contributed by atoms with Gasteiger partial charge in [-0.1, -0.05) is 0 Å². The Morgan fingerprint density at radius 3 is 2.57 bits per heavy atom. The van der Waals surface area contributed by atoms with Gasteiger partial charge >= 0.3 is 0 Å². The first kappa shape index (κ1) is 13.5. The highest BCUT2D eigenvalue weighted by molar-refractivity contribution is 9.10. The third kappa shape index (κ3) is 2.85. The molecule has 104 valence electrons. The molecule has 0 aliphatic heterocycles. The summed E-state index contributed by atoms with van der Waals surface area (Å²) in [6, 6.07) is 10.5. The van der Waals surface area contributed by atoms with Gasteiger partial charge in [0.15, 0.2) is 0 Å². The smallest absolute Gasteiger partial charge is 0.255 e. The van der Waals surface area contributed by atoms with Crippen molar-refractivity contribution in [2.75, 3.05) is 11.1 Å². The van der Waals surface area contributed by atoms with Crippen LogP contribution in [0.2, 0.25) is 0 Å². The third-order valence-electron chi connectivity index (χ3n) is 2.99. The fraction of sp³-hybridized carbons (Fsp3) is 0. The number of anilines is 2. The van der Waals surface area contributed by atoms with Crippen LogP contribution in [0.25, 0.3) is 11.0 Å². The molecule has 0 aliphatic rings. The van der Waals surface area contributed by atoms with E-state index in [1.54, 1.807) is 48.8 Å². The van der Waals surface area contributed by atoms with Crippen molar-refractivity contribution >= 4 is 44.2 Å². The normalized spacial score (nSPS) is 10.5. The fourth-order valence-electron chi connectivity index (χ4n) is 1.93. The quantitative estimate of drug-likeness (QED) is 0.700. The molecule has 3 aromatic rings. The van der Waals surface area contributed by atoms with Crippen molar-refractivity contribution in [2.24, 2.45) is 0 Å². The number of halogens is 1. The number of hydrogen-bond acceptors (Lipinski definition) is 4. The van der Waals surface area contributed by atoms with Crippen LogP contribution in [0, 0.1) is 0 Å². The minimum Gasteiger partial charge on any atom is -0.398 e. The van der Waals surface area contributed by atoms with E-state index in [1.165, 1.54) is 0 Å². The Balaban J connectivity index is 1.87. The van der Waals surface area contributed by atoms with Crippen LogP contribution < -0.4 is 11.1 Å². The average molecular weight is 343 g/mol. The molecule has 3 N–H and O–H groups in total. The van der Waals surface area contributed by atoms with Gasteiger partial charge in [-0.05, 0) is 52.3 Å². The van der Waals surface area contributed by atoms with E-state index in [0.29, 0.717) is 22.5 Å². The number of nitrogens with two attached hydrogens (primary N) is 1. The topological polar surface area (TPSA) is 80.9 Å². The van der Waals surface area contributed by atoms with E-state index in [2.05, 4.69) is 31.2 Å². The molecule has 0 saturated carbocycles. The monoisotopic (exact) mass is 342 g/mol. The minimum absolute atomic E-state index is 0.218. The lowest BCUT2D eigenvalue weighted by atomic mass is 10.1. The van der Waals surface area contributed by atoms with Gasteiger partial charge in [0.05, 0.1) is 11.0 Å². The van der Waals surface area contributed by atoms with Gasteiger partial charge in [-0.15, -0.1) is 0 Å². The molecular weight excluding hydrogens is 332 g/mol. The molecule has 2 aromatic carbocycles. The summed E-state index contributed by atoms with van der Waals surface area (Å²) < 4.78 is 0.793. The van der Waals surface area contributed by atoms with E-state index < -0.39 is 0 Å². The van der Waals surface area contributed by atoms with Crippen LogP contribution in [0.15, 0.2) is 53.3 Å². The Labute approximate surface area is 129 Å². The lowest BCUT2D eigenvalue weighted by Gasteiger charge is -2.07. The Morgan fingerprint density at radius 2 is 1.81 bits per heavy atom. The Hall–Kier alpha value is -2.47. The second-order valence-corrected chi connectivity index (χ2v) is 5.30. The molecule has 0 fully saturated rings. The maximum atomic E-state index is 12.2. The van der Waals surface area contributed by atoms with Crippen LogP contribution in [0.1, 0.15) is 10.4 Å². The summed E-state index contributed by atoms with van der Waals surface area (Å²) in [6.45, 7) is 0. The summed E-state index contributed by atoms with van der Waals surface area (Å²) in [5, 5.41) is 2.80.